The van der Waals surface area contributed by atoms with Crippen molar-refractivity contribution in [2.24, 2.45) is 5.92 Å². The number of hydrogen-bond acceptors (Lipinski definition) is 2. The summed E-state index contributed by atoms with van der Waals surface area (Å²) in [6.07, 6.45) is 0. The Labute approximate surface area is 117 Å². The number of carbonyl (C=O) groups excluding carboxylic acids is 1. The lowest BCUT2D eigenvalue weighted by atomic mass is 10.1. The van der Waals surface area contributed by atoms with Crippen molar-refractivity contribution in [3.05, 3.63) is 29.8 Å². The van der Waals surface area contributed by atoms with E-state index < -0.39 is 0 Å². The molecule has 0 heterocycles. The Morgan fingerprint density at radius 3 is 2.16 bits per heavy atom. The highest BCUT2D eigenvalue weighted by molar-refractivity contribution is 5.94. The van der Waals surface area contributed by atoms with Crippen LogP contribution in [0.5, 0.6) is 0 Å². The summed E-state index contributed by atoms with van der Waals surface area (Å²) in [6, 6.07) is 7.95. The monoisotopic (exact) mass is 262 g/mol. The van der Waals surface area contributed by atoms with Crippen LogP contribution in [0.3, 0.4) is 0 Å². The topological polar surface area (TPSA) is 32.3 Å². The van der Waals surface area contributed by atoms with Crippen molar-refractivity contribution < 1.29 is 4.79 Å². The molecule has 106 valence electrons. The number of carbonyl (C=O) groups is 1. The number of anilines is 1. The van der Waals surface area contributed by atoms with E-state index in [2.05, 4.69) is 39.9 Å². The molecule has 1 rings (SSSR count). The Bertz CT molecular complexity index is 396. The maximum atomic E-state index is 12.5. The predicted octanol–water partition coefficient (Wildman–Crippen LogP) is 3.63. The van der Waals surface area contributed by atoms with Crippen LogP contribution in [0.15, 0.2) is 24.3 Å². The molecule has 0 unspecified atom stereocenters. The molecule has 0 aliphatic heterocycles. The quantitative estimate of drug-likeness (QED) is 0.849. The molecule has 0 saturated heterocycles. The minimum absolute atomic E-state index is 0.117. The van der Waals surface area contributed by atoms with E-state index in [1.54, 1.807) is 0 Å². The second-order valence-corrected chi connectivity index (χ2v) is 5.55. The van der Waals surface area contributed by atoms with Gasteiger partial charge in [-0.2, -0.15) is 0 Å². The number of benzene rings is 1. The number of nitrogens with one attached hydrogen (secondary N) is 1. The van der Waals surface area contributed by atoms with E-state index in [4.69, 9.17) is 0 Å². The summed E-state index contributed by atoms with van der Waals surface area (Å²) in [6.45, 7) is 12.1. The van der Waals surface area contributed by atoms with Gasteiger partial charge in [0, 0.05) is 30.4 Å². The second-order valence-electron chi connectivity index (χ2n) is 5.55. The van der Waals surface area contributed by atoms with Crippen molar-refractivity contribution in [2.45, 2.75) is 40.7 Å². The average Bonchev–Trinajstić information content (AvgIpc) is 2.36. The van der Waals surface area contributed by atoms with Gasteiger partial charge in [0.05, 0.1) is 0 Å². The SMILES string of the molecule is CCNc1ccc(C(=O)N(CC(C)C)C(C)C)cc1. The molecule has 0 aliphatic carbocycles. The maximum absolute atomic E-state index is 12.5. The molecule has 0 aromatic heterocycles. The van der Waals surface area contributed by atoms with Gasteiger partial charge >= 0.3 is 0 Å². The Morgan fingerprint density at radius 2 is 1.74 bits per heavy atom. The van der Waals surface area contributed by atoms with E-state index >= 15 is 0 Å². The van der Waals surface area contributed by atoms with Crippen molar-refractivity contribution in [1.82, 2.24) is 4.90 Å². The molecular weight excluding hydrogens is 236 g/mol. The third-order valence-corrected chi connectivity index (χ3v) is 2.96. The zero-order chi connectivity index (χ0) is 14.4. The molecule has 0 atom stereocenters. The van der Waals surface area contributed by atoms with Crippen molar-refractivity contribution in [2.75, 3.05) is 18.4 Å². The summed E-state index contributed by atoms with van der Waals surface area (Å²) in [7, 11) is 0. The average molecular weight is 262 g/mol. The molecule has 1 aromatic carbocycles. The number of hydrogen-bond donors (Lipinski definition) is 1. The van der Waals surface area contributed by atoms with Crippen molar-refractivity contribution in [3.63, 3.8) is 0 Å². The van der Waals surface area contributed by atoms with E-state index in [9.17, 15) is 4.79 Å². The van der Waals surface area contributed by atoms with Gasteiger partial charge in [0.25, 0.3) is 5.91 Å². The Kier molecular flexibility index (Phi) is 5.87. The van der Waals surface area contributed by atoms with Gasteiger partial charge in [0.15, 0.2) is 0 Å². The van der Waals surface area contributed by atoms with Crippen molar-refractivity contribution >= 4 is 11.6 Å². The predicted molar refractivity (Wildman–Crippen MR) is 81.6 cm³/mol. The molecule has 0 saturated carbocycles. The Hall–Kier alpha value is -1.51. The van der Waals surface area contributed by atoms with Gasteiger partial charge in [-0.1, -0.05) is 13.8 Å². The molecule has 0 fully saturated rings. The van der Waals surface area contributed by atoms with Crippen molar-refractivity contribution in [1.29, 1.82) is 0 Å². The fourth-order valence-electron chi connectivity index (χ4n) is 2.02. The molecular formula is C16H26N2O. The highest BCUT2D eigenvalue weighted by Gasteiger charge is 2.19. The largest absolute Gasteiger partial charge is 0.385 e. The van der Waals surface area contributed by atoms with Crippen LogP contribution < -0.4 is 5.32 Å². The normalized spacial score (nSPS) is 10.9. The molecule has 0 radical (unpaired) electrons. The summed E-state index contributed by atoms with van der Waals surface area (Å²) in [5.41, 5.74) is 1.81. The lowest BCUT2D eigenvalue weighted by Gasteiger charge is -2.28. The smallest absolute Gasteiger partial charge is 0.254 e. The van der Waals surface area contributed by atoms with Gasteiger partial charge in [0.1, 0.15) is 0 Å². The summed E-state index contributed by atoms with van der Waals surface area (Å²) in [4.78, 5) is 14.4. The lowest BCUT2D eigenvalue weighted by Crippen LogP contribution is -2.39. The van der Waals surface area contributed by atoms with Crippen LogP contribution in [0.4, 0.5) is 5.69 Å². The first-order chi connectivity index (χ1) is 8.95. The lowest BCUT2D eigenvalue weighted by molar-refractivity contribution is 0.0682. The second kappa shape index (κ2) is 7.17. The Morgan fingerprint density at radius 1 is 1.16 bits per heavy atom. The van der Waals surface area contributed by atoms with Crippen LogP contribution in [0.25, 0.3) is 0 Å². The van der Waals surface area contributed by atoms with Crippen LogP contribution in [0.2, 0.25) is 0 Å². The minimum Gasteiger partial charge on any atom is -0.385 e. The first kappa shape index (κ1) is 15.5. The zero-order valence-electron chi connectivity index (χ0n) is 12.7. The summed E-state index contributed by atoms with van der Waals surface area (Å²) in [5.74, 6) is 0.596. The van der Waals surface area contributed by atoms with E-state index in [1.807, 2.05) is 29.2 Å². The highest BCUT2D eigenvalue weighted by Crippen LogP contribution is 2.14. The van der Waals surface area contributed by atoms with Crippen LogP contribution in [-0.4, -0.2) is 29.9 Å². The first-order valence-corrected chi connectivity index (χ1v) is 7.10. The summed E-state index contributed by atoms with van der Waals surface area (Å²) >= 11 is 0. The summed E-state index contributed by atoms with van der Waals surface area (Å²) in [5, 5.41) is 3.23. The van der Waals surface area contributed by atoms with Gasteiger partial charge in [-0.25, -0.2) is 0 Å². The van der Waals surface area contributed by atoms with E-state index in [-0.39, 0.29) is 11.9 Å². The fourth-order valence-corrected chi connectivity index (χ4v) is 2.02. The highest BCUT2D eigenvalue weighted by atomic mass is 16.2. The van der Waals surface area contributed by atoms with Gasteiger partial charge in [-0.15, -0.1) is 0 Å². The molecule has 0 bridgehead atoms. The van der Waals surface area contributed by atoms with Gasteiger partial charge < -0.3 is 10.2 Å². The summed E-state index contributed by atoms with van der Waals surface area (Å²) < 4.78 is 0. The molecule has 1 amide bonds. The molecule has 19 heavy (non-hydrogen) atoms. The molecule has 3 heteroatoms. The standard InChI is InChI=1S/C16H26N2O/c1-6-17-15-9-7-14(8-10-15)16(19)18(13(4)5)11-12(2)3/h7-10,12-13,17H,6,11H2,1-5H3. The first-order valence-electron chi connectivity index (χ1n) is 7.10. The molecule has 0 aliphatic rings. The molecule has 1 N–H and O–H groups in total. The number of rotatable bonds is 6. The zero-order valence-corrected chi connectivity index (χ0v) is 12.7. The molecule has 3 nitrogen and oxygen atoms in total. The molecule has 0 spiro atoms. The van der Waals surface area contributed by atoms with Crippen LogP contribution in [-0.2, 0) is 0 Å². The van der Waals surface area contributed by atoms with Crippen molar-refractivity contribution in [3.8, 4) is 0 Å². The maximum Gasteiger partial charge on any atom is 0.254 e. The van der Waals surface area contributed by atoms with E-state index in [0.717, 1.165) is 24.3 Å². The third kappa shape index (κ3) is 4.58. The fraction of sp³-hybridized carbons (Fsp3) is 0.562. The number of nitrogens with zero attached hydrogens (tertiary/aromatic N) is 1. The number of amides is 1. The molecule has 1 aromatic rings. The van der Waals surface area contributed by atoms with Gasteiger partial charge in [-0.3, -0.25) is 4.79 Å². The van der Waals surface area contributed by atoms with Gasteiger partial charge in [-0.05, 0) is 51.0 Å². The van der Waals surface area contributed by atoms with E-state index in [0.29, 0.717) is 5.92 Å². The van der Waals surface area contributed by atoms with Crippen LogP contribution in [0, 0.1) is 5.92 Å². The van der Waals surface area contributed by atoms with Gasteiger partial charge in [0.2, 0.25) is 0 Å². The Balaban J connectivity index is 2.84. The van der Waals surface area contributed by atoms with E-state index in [1.165, 1.54) is 0 Å². The van der Waals surface area contributed by atoms with Crippen LogP contribution in [0.1, 0.15) is 45.0 Å². The third-order valence-electron chi connectivity index (χ3n) is 2.96. The van der Waals surface area contributed by atoms with Crippen LogP contribution >= 0.6 is 0 Å². The minimum atomic E-state index is 0.117.